The minimum absolute atomic E-state index is 0.403. The molecule has 1 aromatic heterocycles. The van der Waals surface area contributed by atoms with E-state index in [0.717, 1.165) is 22.0 Å². The summed E-state index contributed by atoms with van der Waals surface area (Å²) in [6.45, 7) is 5.98. The van der Waals surface area contributed by atoms with Gasteiger partial charge in [-0.2, -0.15) is 0 Å². The molecule has 0 aliphatic carbocycles. The van der Waals surface area contributed by atoms with Crippen molar-refractivity contribution in [1.82, 2.24) is 4.98 Å². The molecule has 4 heteroatoms. The van der Waals surface area contributed by atoms with Gasteiger partial charge in [-0.1, -0.05) is 11.6 Å². The summed E-state index contributed by atoms with van der Waals surface area (Å²) in [5.74, 6) is 0.840. The van der Waals surface area contributed by atoms with E-state index in [4.69, 9.17) is 10.5 Å². The highest BCUT2D eigenvalue weighted by Crippen LogP contribution is 2.33. The topological polar surface area (TPSA) is 48.1 Å². The van der Waals surface area contributed by atoms with E-state index in [2.05, 4.69) is 18.0 Å². The highest BCUT2D eigenvalue weighted by molar-refractivity contribution is 7.10. The maximum atomic E-state index is 6.07. The van der Waals surface area contributed by atoms with E-state index in [0.29, 0.717) is 0 Å². The molecule has 0 saturated carbocycles. The second kappa shape index (κ2) is 4.71. The first-order valence-corrected chi connectivity index (χ1v) is 6.69. The Morgan fingerprint density at radius 1 is 1.33 bits per heavy atom. The van der Waals surface area contributed by atoms with Crippen molar-refractivity contribution in [3.05, 3.63) is 34.2 Å². The molecule has 2 aromatic rings. The van der Waals surface area contributed by atoms with Gasteiger partial charge in [-0.3, -0.25) is 0 Å². The number of nitrogens with zero attached hydrogens (tertiary/aromatic N) is 1. The van der Waals surface area contributed by atoms with Crippen molar-refractivity contribution in [3.8, 4) is 17.0 Å². The maximum absolute atomic E-state index is 6.07. The number of rotatable bonds is 3. The lowest BCUT2D eigenvalue weighted by Gasteiger charge is -2.14. The normalized spacial score (nSPS) is 11.6. The number of aryl methyl sites for hydroxylation is 1. The largest absolute Gasteiger partial charge is 0.496 e. The van der Waals surface area contributed by atoms with Crippen molar-refractivity contribution in [1.29, 1.82) is 0 Å². The summed E-state index contributed by atoms with van der Waals surface area (Å²) in [5.41, 5.74) is 8.79. The van der Waals surface area contributed by atoms with Gasteiger partial charge in [0.2, 0.25) is 0 Å². The van der Waals surface area contributed by atoms with Crippen molar-refractivity contribution in [2.75, 3.05) is 7.11 Å². The minimum atomic E-state index is -0.403. The molecule has 0 aliphatic rings. The molecule has 0 atom stereocenters. The van der Waals surface area contributed by atoms with Crippen LogP contribution in [-0.2, 0) is 5.54 Å². The molecule has 2 N–H and O–H groups in total. The summed E-state index contributed by atoms with van der Waals surface area (Å²) in [6.07, 6.45) is 0. The van der Waals surface area contributed by atoms with E-state index < -0.39 is 5.54 Å². The standard InChI is InChI=1S/C14H18N2OS/c1-9-5-6-12(17-4)10(7-9)11-8-18-13(16-11)14(2,3)15/h5-8H,15H2,1-4H3. The van der Waals surface area contributed by atoms with Gasteiger partial charge in [-0.15, -0.1) is 11.3 Å². The average molecular weight is 262 g/mol. The maximum Gasteiger partial charge on any atom is 0.128 e. The zero-order valence-corrected chi connectivity index (χ0v) is 12.0. The van der Waals surface area contributed by atoms with Crippen LogP contribution in [0.2, 0.25) is 0 Å². The van der Waals surface area contributed by atoms with Gasteiger partial charge in [0.05, 0.1) is 18.3 Å². The van der Waals surface area contributed by atoms with Gasteiger partial charge in [0.1, 0.15) is 10.8 Å². The van der Waals surface area contributed by atoms with E-state index >= 15 is 0 Å². The highest BCUT2D eigenvalue weighted by atomic mass is 32.1. The second-order valence-corrected chi connectivity index (χ2v) is 5.82. The van der Waals surface area contributed by atoms with Crippen LogP contribution >= 0.6 is 11.3 Å². The van der Waals surface area contributed by atoms with Crippen molar-refractivity contribution < 1.29 is 4.74 Å². The third-order valence-corrected chi connectivity index (χ3v) is 3.87. The molecule has 0 amide bonds. The van der Waals surface area contributed by atoms with Crippen LogP contribution in [0.25, 0.3) is 11.3 Å². The Hall–Kier alpha value is -1.39. The summed E-state index contributed by atoms with van der Waals surface area (Å²) in [5, 5.41) is 2.96. The van der Waals surface area contributed by atoms with Crippen LogP contribution < -0.4 is 10.5 Å². The molecule has 96 valence electrons. The highest BCUT2D eigenvalue weighted by Gasteiger charge is 2.20. The molecule has 0 fully saturated rings. The third-order valence-electron chi connectivity index (χ3n) is 2.69. The van der Waals surface area contributed by atoms with Gasteiger partial charge in [-0.25, -0.2) is 4.98 Å². The first-order chi connectivity index (χ1) is 8.41. The molecule has 3 nitrogen and oxygen atoms in total. The van der Waals surface area contributed by atoms with Gasteiger partial charge < -0.3 is 10.5 Å². The van der Waals surface area contributed by atoms with Crippen LogP contribution in [-0.4, -0.2) is 12.1 Å². The molecule has 0 radical (unpaired) electrons. The zero-order valence-electron chi connectivity index (χ0n) is 11.2. The third kappa shape index (κ3) is 2.54. The van der Waals surface area contributed by atoms with E-state index in [1.165, 1.54) is 5.56 Å². The number of thiazole rings is 1. The van der Waals surface area contributed by atoms with Crippen LogP contribution in [0.15, 0.2) is 23.6 Å². The minimum Gasteiger partial charge on any atom is -0.496 e. The Morgan fingerprint density at radius 2 is 2.06 bits per heavy atom. The van der Waals surface area contributed by atoms with Crippen LogP contribution in [0.1, 0.15) is 24.4 Å². The molecule has 1 aromatic carbocycles. The van der Waals surface area contributed by atoms with E-state index in [1.54, 1.807) is 18.4 Å². The lowest BCUT2D eigenvalue weighted by molar-refractivity contribution is 0.416. The molecule has 0 aliphatic heterocycles. The Bertz CT molecular complexity index is 555. The number of hydrogen-bond donors (Lipinski definition) is 1. The average Bonchev–Trinajstić information content (AvgIpc) is 2.77. The molecule has 1 heterocycles. The number of nitrogens with two attached hydrogens (primary N) is 1. The summed E-state index contributed by atoms with van der Waals surface area (Å²) in [4.78, 5) is 4.62. The molecule has 0 bridgehead atoms. The predicted octanol–water partition coefficient (Wildman–Crippen LogP) is 3.32. The van der Waals surface area contributed by atoms with Gasteiger partial charge in [0.15, 0.2) is 0 Å². The number of hydrogen-bond acceptors (Lipinski definition) is 4. The molecule has 0 unspecified atom stereocenters. The van der Waals surface area contributed by atoms with Crippen molar-refractivity contribution in [3.63, 3.8) is 0 Å². The first-order valence-electron chi connectivity index (χ1n) is 5.81. The van der Waals surface area contributed by atoms with Crippen LogP contribution in [0.5, 0.6) is 5.75 Å². The fourth-order valence-electron chi connectivity index (χ4n) is 1.72. The van der Waals surface area contributed by atoms with Gasteiger partial charge in [0, 0.05) is 10.9 Å². The number of methoxy groups -OCH3 is 1. The Labute approximate surface area is 112 Å². The SMILES string of the molecule is COc1ccc(C)cc1-c1csc(C(C)(C)N)n1. The fourth-order valence-corrected chi connectivity index (χ4v) is 2.57. The lowest BCUT2D eigenvalue weighted by Crippen LogP contribution is -2.28. The zero-order chi connectivity index (χ0) is 13.3. The van der Waals surface area contributed by atoms with E-state index in [-0.39, 0.29) is 0 Å². The van der Waals surface area contributed by atoms with Crippen LogP contribution in [0, 0.1) is 6.92 Å². The Morgan fingerprint density at radius 3 is 2.61 bits per heavy atom. The molecular formula is C14H18N2OS. The fraction of sp³-hybridized carbons (Fsp3) is 0.357. The summed E-state index contributed by atoms with van der Waals surface area (Å²) in [6, 6.07) is 6.08. The molecule has 18 heavy (non-hydrogen) atoms. The number of ether oxygens (including phenoxy) is 1. The second-order valence-electron chi connectivity index (χ2n) is 4.96. The smallest absolute Gasteiger partial charge is 0.128 e. The molecule has 2 rings (SSSR count). The van der Waals surface area contributed by atoms with Crippen molar-refractivity contribution in [2.45, 2.75) is 26.3 Å². The van der Waals surface area contributed by atoms with E-state index in [9.17, 15) is 0 Å². The van der Waals surface area contributed by atoms with Gasteiger partial charge in [0.25, 0.3) is 0 Å². The summed E-state index contributed by atoms with van der Waals surface area (Å²) >= 11 is 1.58. The van der Waals surface area contributed by atoms with Gasteiger partial charge in [-0.05, 0) is 32.9 Å². The molecule has 0 spiro atoms. The lowest BCUT2D eigenvalue weighted by atomic mass is 10.1. The van der Waals surface area contributed by atoms with Crippen LogP contribution in [0.3, 0.4) is 0 Å². The monoisotopic (exact) mass is 262 g/mol. The van der Waals surface area contributed by atoms with Crippen molar-refractivity contribution >= 4 is 11.3 Å². The van der Waals surface area contributed by atoms with Gasteiger partial charge >= 0.3 is 0 Å². The van der Waals surface area contributed by atoms with Crippen LogP contribution in [0.4, 0.5) is 0 Å². The Balaban J connectivity index is 2.49. The summed E-state index contributed by atoms with van der Waals surface area (Å²) in [7, 11) is 1.67. The van der Waals surface area contributed by atoms with Crippen molar-refractivity contribution in [2.24, 2.45) is 5.73 Å². The summed E-state index contributed by atoms with van der Waals surface area (Å²) < 4.78 is 5.38. The van der Waals surface area contributed by atoms with E-state index in [1.807, 2.05) is 31.4 Å². The molecular weight excluding hydrogens is 244 g/mol. The predicted molar refractivity (Wildman–Crippen MR) is 76.1 cm³/mol. The first kappa shape index (κ1) is 13.1. The molecule has 0 saturated heterocycles. The quantitative estimate of drug-likeness (QED) is 0.923. The number of aromatic nitrogens is 1. The Kier molecular flexibility index (Phi) is 3.41. The number of benzene rings is 1.